The van der Waals surface area contributed by atoms with Crippen molar-refractivity contribution >= 4 is 11.8 Å². The summed E-state index contributed by atoms with van der Waals surface area (Å²) >= 11 is 2.11. The van der Waals surface area contributed by atoms with Crippen molar-refractivity contribution in [2.75, 3.05) is 13.2 Å². The van der Waals surface area contributed by atoms with Gasteiger partial charge in [-0.3, -0.25) is 0 Å². The molecule has 1 heterocycles. The predicted molar refractivity (Wildman–Crippen MR) is 73.2 cm³/mol. The van der Waals surface area contributed by atoms with Crippen molar-refractivity contribution in [3.63, 3.8) is 0 Å². The molecule has 0 aromatic heterocycles. The van der Waals surface area contributed by atoms with Gasteiger partial charge < -0.3 is 10.1 Å². The van der Waals surface area contributed by atoms with E-state index in [0.29, 0.717) is 22.6 Å². The third-order valence-corrected chi connectivity index (χ3v) is 5.09. The van der Waals surface area contributed by atoms with Crippen LogP contribution >= 0.6 is 11.8 Å². The average molecular weight is 245 g/mol. The van der Waals surface area contributed by atoms with Crippen LogP contribution in [0.4, 0.5) is 0 Å². The van der Waals surface area contributed by atoms with Crippen LogP contribution in [0.5, 0.6) is 0 Å². The molecule has 0 radical (unpaired) electrons. The highest BCUT2D eigenvalue weighted by Crippen LogP contribution is 2.31. The van der Waals surface area contributed by atoms with Gasteiger partial charge in [0.15, 0.2) is 0 Å². The van der Waals surface area contributed by atoms with Gasteiger partial charge in [-0.2, -0.15) is 11.8 Å². The van der Waals surface area contributed by atoms with E-state index in [0.717, 1.165) is 13.2 Å². The van der Waals surface area contributed by atoms with Crippen molar-refractivity contribution < 1.29 is 4.74 Å². The van der Waals surface area contributed by atoms with Crippen LogP contribution in [0.25, 0.3) is 0 Å². The minimum atomic E-state index is 0.441. The summed E-state index contributed by atoms with van der Waals surface area (Å²) in [6.45, 7) is 11.2. The summed E-state index contributed by atoms with van der Waals surface area (Å²) in [6, 6.07) is 0.651. The average Bonchev–Trinajstić information content (AvgIpc) is 2.65. The van der Waals surface area contributed by atoms with Crippen LogP contribution < -0.4 is 5.32 Å². The molecule has 0 aromatic rings. The second kappa shape index (κ2) is 7.57. The highest BCUT2D eigenvalue weighted by Gasteiger charge is 2.28. The minimum Gasteiger partial charge on any atom is -0.377 e. The smallest absolute Gasteiger partial charge is 0.0666 e. The van der Waals surface area contributed by atoms with Gasteiger partial charge in [-0.15, -0.1) is 0 Å². The quantitative estimate of drug-likeness (QED) is 0.745. The van der Waals surface area contributed by atoms with E-state index in [9.17, 15) is 0 Å². The third kappa shape index (κ3) is 4.27. The van der Waals surface area contributed by atoms with Gasteiger partial charge in [-0.1, -0.05) is 20.8 Å². The molecule has 3 heteroatoms. The Kier molecular flexibility index (Phi) is 6.78. The molecule has 1 aliphatic rings. The van der Waals surface area contributed by atoms with Crippen LogP contribution in [0.1, 0.15) is 47.0 Å². The maximum atomic E-state index is 5.62. The van der Waals surface area contributed by atoms with Gasteiger partial charge in [0, 0.05) is 23.1 Å². The molecular weight excluding hydrogens is 218 g/mol. The Morgan fingerprint density at radius 2 is 2.19 bits per heavy atom. The molecule has 0 aromatic carbocycles. The lowest BCUT2D eigenvalue weighted by Gasteiger charge is -2.27. The molecule has 2 nitrogen and oxygen atoms in total. The fourth-order valence-corrected chi connectivity index (χ4v) is 3.80. The fourth-order valence-electron chi connectivity index (χ4n) is 2.23. The van der Waals surface area contributed by atoms with Gasteiger partial charge in [0.2, 0.25) is 0 Å². The first-order chi connectivity index (χ1) is 7.69. The van der Waals surface area contributed by atoms with Gasteiger partial charge in [-0.25, -0.2) is 0 Å². The van der Waals surface area contributed by atoms with Gasteiger partial charge in [0.1, 0.15) is 0 Å². The first-order valence-corrected chi connectivity index (χ1v) is 7.63. The summed E-state index contributed by atoms with van der Waals surface area (Å²) in [5, 5.41) is 5.03. The molecule has 1 rings (SSSR count). The first kappa shape index (κ1) is 14.3. The van der Waals surface area contributed by atoms with Crippen molar-refractivity contribution in [1.29, 1.82) is 0 Å². The second-order valence-corrected chi connectivity index (χ2v) is 6.33. The van der Waals surface area contributed by atoms with E-state index in [4.69, 9.17) is 4.74 Å². The SMILES string of the molecule is CCCNC(CC)C(C)SC1CCOC1C. The van der Waals surface area contributed by atoms with Crippen molar-refractivity contribution in [3.05, 3.63) is 0 Å². The van der Waals surface area contributed by atoms with Crippen LogP contribution in [-0.4, -0.2) is 35.8 Å². The maximum Gasteiger partial charge on any atom is 0.0666 e. The Bertz CT molecular complexity index is 189. The standard InChI is InChI=1S/C13H27NOS/c1-5-8-14-12(6-2)11(4)16-13-7-9-15-10(13)3/h10-14H,5-9H2,1-4H3. The molecular formula is C13H27NOS. The third-order valence-electron chi connectivity index (χ3n) is 3.36. The van der Waals surface area contributed by atoms with Gasteiger partial charge in [-0.05, 0) is 32.7 Å². The normalized spacial score (nSPS) is 29.2. The Balaban J connectivity index is 2.33. The summed E-state index contributed by atoms with van der Waals surface area (Å²) in [7, 11) is 0. The van der Waals surface area contributed by atoms with Gasteiger partial charge >= 0.3 is 0 Å². The zero-order valence-corrected chi connectivity index (χ0v) is 12.0. The largest absolute Gasteiger partial charge is 0.377 e. The summed E-state index contributed by atoms with van der Waals surface area (Å²) < 4.78 is 5.62. The first-order valence-electron chi connectivity index (χ1n) is 6.69. The zero-order valence-electron chi connectivity index (χ0n) is 11.2. The zero-order chi connectivity index (χ0) is 12.0. The van der Waals surface area contributed by atoms with Crippen molar-refractivity contribution in [2.24, 2.45) is 0 Å². The Morgan fingerprint density at radius 3 is 2.69 bits per heavy atom. The highest BCUT2D eigenvalue weighted by atomic mass is 32.2. The van der Waals surface area contributed by atoms with Crippen molar-refractivity contribution in [1.82, 2.24) is 5.32 Å². The van der Waals surface area contributed by atoms with E-state index in [-0.39, 0.29) is 0 Å². The molecule has 0 aliphatic carbocycles. The van der Waals surface area contributed by atoms with Crippen molar-refractivity contribution in [2.45, 2.75) is 69.6 Å². The van der Waals surface area contributed by atoms with Crippen LogP contribution in [0.2, 0.25) is 0 Å². The molecule has 1 aliphatic heterocycles. The Labute approximate surface area is 105 Å². The van der Waals surface area contributed by atoms with E-state index >= 15 is 0 Å². The lowest BCUT2D eigenvalue weighted by Crippen LogP contribution is -2.38. The highest BCUT2D eigenvalue weighted by molar-refractivity contribution is 8.00. The number of nitrogens with one attached hydrogen (secondary N) is 1. The number of hydrogen-bond donors (Lipinski definition) is 1. The van der Waals surface area contributed by atoms with Crippen LogP contribution in [0.3, 0.4) is 0 Å². The van der Waals surface area contributed by atoms with E-state index in [1.54, 1.807) is 0 Å². The number of thioether (sulfide) groups is 1. The van der Waals surface area contributed by atoms with Gasteiger partial charge in [0.25, 0.3) is 0 Å². The topological polar surface area (TPSA) is 21.3 Å². The molecule has 0 bridgehead atoms. The summed E-state index contributed by atoms with van der Waals surface area (Å²) in [4.78, 5) is 0. The lowest BCUT2D eigenvalue weighted by molar-refractivity contribution is 0.127. The molecule has 4 atom stereocenters. The minimum absolute atomic E-state index is 0.441. The molecule has 1 N–H and O–H groups in total. The summed E-state index contributed by atoms with van der Waals surface area (Å²) in [5.41, 5.74) is 0. The van der Waals surface area contributed by atoms with E-state index in [1.165, 1.54) is 19.3 Å². The molecule has 4 unspecified atom stereocenters. The summed E-state index contributed by atoms with van der Waals surface area (Å²) in [6.07, 6.45) is 4.10. The second-order valence-electron chi connectivity index (χ2n) is 4.71. The van der Waals surface area contributed by atoms with Crippen LogP contribution in [0, 0.1) is 0 Å². The number of hydrogen-bond acceptors (Lipinski definition) is 3. The molecule has 96 valence electrons. The molecule has 1 fully saturated rings. The fraction of sp³-hybridized carbons (Fsp3) is 1.00. The van der Waals surface area contributed by atoms with Crippen LogP contribution in [-0.2, 0) is 4.74 Å². The number of ether oxygens (including phenoxy) is 1. The molecule has 0 amide bonds. The van der Waals surface area contributed by atoms with Crippen LogP contribution in [0.15, 0.2) is 0 Å². The lowest BCUT2D eigenvalue weighted by atomic mass is 10.1. The Hall–Kier alpha value is 0.270. The predicted octanol–water partition coefficient (Wildman–Crippen LogP) is 3.06. The van der Waals surface area contributed by atoms with Crippen molar-refractivity contribution in [3.8, 4) is 0 Å². The summed E-state index contributed by atoms with van der Waals surface area (Å²) in [5.74, 6) is 0. The van der Waals surface area contributed by atoms with E-state index in [1.807, 2.05) is 0 Å². The number of rotatable bonds is 7. The molecule has 0 saturated carbocycles. The molecule has 1 saturated heterocycles. The monoisotopic (exact) mass is 245 g/mol. The molecule has 16 heavy (non-hydrogen) atoms. The van der Waals surface area contributed by atoms with E-state index in [2.05, 4.69) is 44.8 Å². The van der Waals surface area contributed by atoms with E-state index < -0.39 is 0 Å². The van der Waals surface area contributed by atoms with Gasteiger partial charge in [0.05, 0.1) is 6.10 Å². The maximum absolute atomic E-state index is 5.62. The Morgan fingerprint density at radius 1 is 1.44 bits per heavy atom. The molecule has 0 spiro atoms.